The lowest BCUT2D eigenvalue weighted by molar-refractivity contribution is -0.385. The van der Waals surface area contributed by atoms with Gasteiger partial charge in [-0.25, -0.2) is 9.18 Å². The number of aromatic carboxylic acids is 1. The van der Waals surface area contributed by atoms with Gasteiger partial charge in [-0.15, -0.1) is 0 Å². The second-order valence-electron chi connectivity index (χ2n) is 4.24. The molecule has 7 heteroatoms. The molecule has 2 aromatic rings. The molecular formula is C14H10FNO5. The standard InChI is InChI=1S/C14H10FNO5/c1-8-12(16(19)20)6-9(14(17)18)7-13(8)21-11-4-2-10(15)3-5-11/h2-7H,1H3,(H,17,18). The van der Waals surface area contributed by atoms with Crippen molar-refractivity contribution >= 4 is 11.7 Å². The van der Waals surface area contributed by atoms with Gasteiger partial charge < -0.3 is 9.84 Å². The summed E-state index contributed by atoms with van der Waals surface area (Å²) in [6.45, 7) is 1.45. The van der Waals surface area contributed by atoms with Crippen LogP contribution in [0.5, 0.6) is 11.5 Å². The van der Waals surface area contributed by atoms with Crippen molar-refractivity contribution in [2.24, 2.45) is 0 Å². The van der Waals surface area contributed by atoms with E-state index in [1.165, 1.54) is 37.3 Å². The van der Waals surface area contributed by atoms with E-state index in [0.717, 1.165) is 6.07 Å². The van der Waals surface area contributed by atoms with Gasteiger partial charge >= 0.3 is 5.97 Å². The number of carboxylic acids is 1. The van der Waals surface area contributed by atoms with E-state index in [1.807, 2.05) is 0 Å². The Morgan fingerprint density at radius 1 is 1.29 bits per heavy atom. The molecule has 0 aromatic heterocycles. The van der Waals surface area contributed by atoms with Gasteiger partial charge in [0.2, 0.25) is 0 Å². The Bertz CT molecular complexity index is 712. The van der Waals surface area contributed by atoms with E-state index in [0.29, 0.717) is 0 Å². The first-order valence-corrected chi connectivity index (χ1v) is 5.84. The van der Waals surface area contributed by atoms with E-state index >= 15 is 0 Å². The van der Waals surface area contributed by atoms with Crippen LogP contribution < -0.4 is 4.74 Å². The fourth-order valence-electron chi connectivity index (χ4n) is 1.72. The highest BCUT2D eigenvalue weighted by atomic mass is 19.1. The number of ether oxygens (including phenoxy) is 1. The van der Waals surface area contributed by atoms with E-state index < -0.39 is 16.7 Å². The summed E-state index contributed by atoms with van der Waals surface area (Å²) in [5, 5.41) is 19.9. The number of hydrogen-bond donors (Lipinski definition) is 1. The van der Waals surface area contributed by atoms with E-state index in [4.69, 9.17) is 9.84 Å². The van der Waals surface area contributed by atoms with Crippen molar-refractivity contribution in [3.8, 4) is 11.5 Å². The number of halogens is 1. The maximum Gasteiger partial charge on any atom is 0.336 e. The van der Waals surface area contributed by atoms with Crippen LogP contribution >= 0.6 is 0 Å². The lowest BCUT2D eigenvalue weighted by atomic mass is 10.1. The lowest BCUT2D eigenvalue weighted by Gasteiger charge is -2.10. The molecule has 1 N–H and O–H groups in total. The molecule has 0 saturated carbocycles. The molecule has 0 heterocycles. The van der Waals surface area contributed by atoms with Crippen molar-refractivity contribution in [2.45, 2.75) is 6.92 Å². The summed E-state index contributed by atoms with van der Waals surface area (Å²) in [5.41, 5.74) is -0.425. The molecule has 6 nitrogen and oxygen atoms in total. The SMILES string of the molecule is Cc1c(Oc2ccc(F)cc2)cc(C(=O)O)cc1[N+](=O)[O-]. The molecule has 0 aliphatic carbocycles. The third-order valence-electron chi connectivity index (χ3n) is 2.82. The molecule has 108 valence electrons. The van der Waals surface area contributed by atoms with Crippen LogP contribution in [0.1, 0.15) is 15.9 Å². The Morgan fingerprint density at radius 3 is 2.43 bits per heavy atom. The monoisotopic (exact) mass is 291 g/mol. The molecule has 2 rings (SSSR count). The predicted octanol–water partition coefficient (Wildman–Crippen LogP) is 3.53. The zero-order chi connectivity index (χ0) is 15.6. The van der Waals surface area contributed by atoms with Gasteiger partial charge in [-0.2, -0.15) is 0 Å². The van der Waals surface area contributed by atoms with E-state index in [1.54, 1.807) is 0 Å². The number of nitro groups is 1. The maximum atomic E-state index is 12.8. The minimum Gasteiger partial charge on any atom is -0.478 e. The van der Waals surface area contributed by atoms with E-state index in [2.05, 4.69) is 0 Å². The summed E-state index contributed by atoms with van der Waals surface area (Å²) in [5.74, 6) is -1.48. The first-order valence-electron chi connectivity index (χ1n) is 5.84. The molecule has 0 radical (unpaired) electrons. The molecule has 0 aliphatic rings. The van der Waals surface area contributed by atoms with Crippen LogP contribution in [0.15, 0.2) is 36.4 Å². The van der Waals surface area contributed by atoms with E-state index in [9.17, 15) is 19.3 Å². The Hall–Kier alpha value is -2.96. The summed E-state index contributed by atoms with van der Waals surface area (Å²) in [4.78, 5) is 21.3. The number of nitro benzene ring substituents is 1. The second kappa shape index (κ2) is 5.58. The van der Waals surface area contributed by atoms with Gasteiger partial charge in [0, 0.05) is 6.07 Å². The quantitative estimate of drug-likeness (QED) is 0.687. The molecular weight excluding hydrogens is 281 g/mol. The Labute approximate surface area is 118 Å². The molecule has 0 fully saturated rings. The highest BCUT2D eigenvalue weighted by Crippen LogP contribution is 2.33. The van der Waals surface area contributed by atoms with Crippen LogP contribution in [-0.2, 0) is 0 Å². The molecule has 2 aromatic carbocycles. The van der Waals surface area contributed by atoms with Crippen LogP contribution in [0, 0.1) is 22.9 Å². The number of carboxylic acid groups (broad SMARTS) is 1. The third-order valence-corrected chi connectivity index (χ3v) is 2.82. The summed E-state index contributed by atoms with van der Waals surface area (Å²) in [7, 11) is 0. The highest BCUT2D eigenvalue weighted by Gasteiger charge is 2.20. The number of nitrogens with zero attached hydrogens (tertiary/aromatic N) is 1. The van der Waals surface area contributed by atoms with Crippen molar-refractivity contribution in [1.82, 2.24) is 0 Å². The summed E-state index contributed by atoms with van der Waals surface area (Å²) >= 11 is 0. The van der Waals surface area contributed by atoms with Crippen LogP contribution in [0.4, 0.5) is 10.1 Å². The fourth-order valence-corrected chi connectivity index (χ4v) is 1.72. The minimum absolute atomic E-state index is 0.0354. The van der Waals surface area contributed by atoms with Crippen molar-refractivity contribution in [3.05, 3.63) is 63.5 Å². The molecule has 0 atom stereocenters. The first kappa shape index (κ1) is 14.4. The fraction of sp³-hybridized carbons (Fsp3) is 0.0714. The van der Waals surface area contributed by atoms with Gasteiger partial charge in [-0.05, 0) is 37.3 Å². The first-order chi connectivity index (χ1) is 9.88. The Kier molecular flexibility index (Phi) is 3.84. The summed E-state index contributed by atoms with van der Waals surface area (Å²) in [6, 6.07) is 7.17. The maximum absolute atomic E-state index is 12.8. The minimum atomic E-state index is -1.30. The molecule has 0 spiro atoms. The predicted molar refractivity (Wildman–Crippen MR) is 71.3 cm³/mol. The lowest BCUT2D eigenvalue weighted by Crippen LogP contribution is -2.02. The van der Waals surface area contributed by atoms with Gasteiger partial charge in [-0.3, -0.25) is 10.1 Å². The normalized spacial score (nSPS) is 10.2. The highest BCUT2D eigenvalue weighted by molar-refractivity contribution is 5.89. The molecule has 0 unspecified atom stereocenters. The van der Waals surface area contributed by atoms with Gasteiger partial charge in [0.05, 0.1) is 16.1 Å². The van der Waals surface area contributed by atoms with E-state index in [-0.39, 0.29) is 28.3 Å². The largest absolute Gasteiger partial charge is 0.478 e. The van der Waals surface area contributed by atoms with Crippen molar-refractivity contribution in [3.63, 3.8) is 0 Å². The third kappa shape index (κ3) is 3.14. The molecule has 21 heavy (non-hydrogen) atoms. The molecule has 0 amide bonds. The van der Waals surface area contributed by atoms with Crippen LogP contribution in [0.2, 0.25) is 0 Å². The molecule has 0 saturated heterocycles. The van der Waals surface area contributed by atoms with Crippen molar-refractivity contribution < 1.29 is 24.0 Å². The Balaban J connectivity index is 2.48. The summed E-state index contributed by atoms with van der Waals surface area (Å²) < 4.78 is 18.2. The van der Waals surface area contributed by atoms with Crippen LogP contribution in [0.3, 0.4) is 0 Å². The number of benzene rings is 2. The number of carbonyl (C=O) groups is 1. The zero-order valence-corrected chi connectivity index (χ0v) is 10.9. The zero-order valence-electron chi connectivity index (χ0n) is 10.9. The van der Waals surface area contributed by atoms with Gasteiger partial charge in [-0.1, -0.05) is 0 Å². The Morgan fingerprint density at radius 2 is 1.90 bits per heavy atom. The van der Waals surface area contributed by atoms with Crippen LogP contribution in [-0.4, -0.2) is 16.0 Å². The summed E-state index contributed by atoms with van der Waals surface area (Å²) in [6.07, 6.45) is 0. The second-order valence-corrected chi connectivity index (χ2v) is 4.24. The van der Waals surface area contributed by atoms with Crippen molar-refractivity contribution in [1.29, 1.82) is 0 Å². The van der Waals surface area contributed by atoms with Gasteiger partial charge in [0.15, 0.2) is 0 Å². The smallest absolute Gasteiger partial charge is 0.336 e. The average molecular weight is 291 g/mol. The molecule has 0 aliphatic heterocycles. The number of rotatable bonds is 4. The van der Waals surface area contributed by atoms with Crippen molar-refractivity contribution in [2.75, 3.05) is 0 Å². The molecule has 0 bridgehead atoms. The van der Waals surface area contributed by atoms with Gasteiger partial charge in [0.25, 0.3) is 5.69 Å². The average Bonchev–Trinajstić information content (AvgIpc) is 2.42. The topological polar surface area (TPSA) is 89.7 Å². The van der Waals surface area contributed by atoms with Crippen LogP contribution in [0.25, 0.3) is 0 Å². The number of hydrogen-bond acceptors (Lipinski definition) is 4. The van der Waals surface area contributed by atoms with Gasteiger partial charge in [0.1, 0.15) is 17.3 Å².